The zero-order chi connectivity index (χ0) is 13.7. The molecule has 2 aromatic rings. The van der Waals surface area contributed by atoms with E-state index in [1.165, 1.54) is 0 Å². The van der Waals surface area contributed by atoms with Crippen molar-refractivity contribution in [3.8, 4) is 0 Å². The minimum Gasteiger partial charge on any atom is -0.321 e. The summed E-state index contributed by atoms with van der Waals surface area (Å²) >= 11 is 4.54. The van der Waals surface area contributed by atoms with E-state index in [9.17, 15) is 4.79 Å². The van der Waals surface area contributed by atoms with E-state index in [2.05, 4.69) is 37.8 Å². The lowest BCUT2D eigenvalue weighted by molar-refractivity contribution is 0.102. The molecule has 0 saturated heterocycles. The summed E-state index contributed by atoms with van der Waals surface area (Å²) in [4.78, 5) is 12.8. The maximum atomic E-state index is 12.2. The van der Waals surface area contributed by atoms with E-state index >= 15 is 0 Å². The van der Waals surface area contributed by atoms with Crippen LogP contribution in [-0.2, 0) is 11.8 Å². The van der Waals surface area contributed by atoms with Crippen molar-refractivity contribution in [1.82, 2.24) is 9.59 Å². The minimum atomic E-state index is -0.134. The van der Waals surface area contributed by atoms with Crippen LogP contribution in [0.4, 0.5) is 5.69 Å². The zero-order valence-electron chi connectivity index (χ0n) is 10.5. The van der Waals surface area contributed by atoms with Crippen molar-refractivity contribution >= 4 is 39.1 Å². The van der Waals surface area contributed by atoms with E-state index < -0.39 is 0 Å². The number of nitrogens with one attached hydrogen (secondary N) is 1. The molecular formula is C13H14BrN3OS. The van der Waals surface area contributed by atoms with Crippen LogP contribution in [0.3, 0.4) is 0 Å². The van der Waals surface area contributed by atoms with Gasteiger partial charge in [-0.25, -0.2) is 0 Å². The Labute approximate surface area is 124 Å². The fourth-order valence-corrected chi connectivity index (χ4v) is 2.65. The molecule has 0 spiro atoms. The first kappa shape index (κ1) is 14.1. The Hall–Kier alpha value is -1.27. The van der Waals surface area contributed by atoms with Crippen LogP contribution in [-0.4, -0.2) is 15.5 Å². The Bertz CT molecular complexity index is 571. The highest BCUT2D eigenvalue weighted by Crippen LogP contribution is 2.17. The molecule has 100 valence electrons. The van der Waals surface area contributed by atoms with Crippen molar-refractivity contribution in [1.29, 1.82) is 0 Å². The molecule has 0 unspecified atom stereocenters. The normalized spacial score (nSPS) is 10.4. The highest BCUT2D eigenvalue weighted by atomic mass is 79.9. The van der Waals surface area contributed by atoms with Gasteiger partial charge in [0.15, 0.2) is 0 Å². The highest BCUT2D eigenvalue weighted by Gasteiger charge is 2.15. The maximum Gasteiger partial charge on any atom is 0.269 e. The predicted molar refractivity (Wildman–Crippen MR) is 80.9 cm³/mol. The summed E-state index contributed by atoms with van der Waals surface area (Å²) in [5.74, 6) is -0.134. The largest absolute Gasteiger partial charge is 0.321 e. The summed E-state index contributed by atoms with van der Waals surface area (Å²) in [6, 6.07) is 7.74. The molecule has 1 N–H and O–H groups in total. The number of hydrogen-bond acceptors (Lipinski definition) is 4. The Balaban J connectivity index is 2.13. The highest BCUT2D eigenvalue weighted by molar-refractivity contribution is 9.08. The lowest BCUT2D eigenvalue weighted by Crippen LogP contribution is -2.12. The summed E-state index contributed by atoms with van der Waals surface area (Å²) in [5.41, 5.74) is 2.69. The third kappa shape index (κ3) is 3.61. The SMILES string of the molecule is CCCc1nnsc1C(=O)Nc1cccc(CBr)c1. The van der Waals surface area contributed by atoms with E-state index in [-0.39, 0.29) is 5.91 Å². The van der Waals surface area contributed by atoms with Gasteiger partial charge in [-0.05, 0) is 35.6 Å². The first-order valence-corrected chi connectivity index (χ1v) is 7.91. The molecule has 19 heavy (non-hydrogen) atoms. The van der Waals surface area contributed by atoms with Gasteiger partial charge in [0.05, 0.1) is 5.69 Å². The van der Waals surface area contributed by atoms with E-state index in [0.29, 0.717) is 4.88 Å². The molecule has 0 aliphatic rings. The molecule has 0 aliphatic carbocycles. The molecule has 0 bridgehead atoms. The molecule has 6 heteroatoms. The predicted octanol–water partition coefficient (Wildman–Crippen LogP) is 3.64. The van der Waals surface area contributed by atoms with Crippen LogP contribution in [0.25, 0.3) is 0 Å². The van der Waals surface area contributed by atoms with Crippen molar-refractivity contribution in [3.05, 3.63) is 40.4 Å². The number of carbonyl (C=O) groups is 1. The Kier molecular flexibility index (Phi) is 5.04. The average Bonchev–Trinajstić information content (AvgIpc) is 2.88. The topological polar surface area (TPSA) is 54.9 Å². The second kappa shape index (κ2) is 6.77. The third-order valence-electron chi connectivity index (χ3n) is 2.59. The fraction of sp³-hybridized carbons (Fsp3) is 0.308. The molecular weight excluding hydrogens is 326 g/mol. The van der Waals surface area contributed by atoms with E-state index in [1.807, 2.05) is 24.3 Å². The van der Waals surface area contributed by atoms with Gasteiger partial charge in [-0.2, -0.15) is 0 Å². The number of aromatic nitrogens is 2. The Morgan fingerprint density at radius 2 is 2.32 bits per heavy atom. The summed E-state index contributed by atoms with van der Waals surface area (Å²) in [7, 11) is 0. The van der Waals surface area contributed by atoms with E-state index in [4.69, 9.17) is 0 Å². The molecule has 0 aliphatic heterocycles. The van der Waals surface area contributed by atoms with Crippen LogP contribution in [0, 0.1) is 0 Å². The van der Waals surface area contributed by atoms with Crippen LogP contribution < -0.4 is 5.32 Å². The second-order valence-corrected chi connectivity index (χ2v) is 5.40. The summed E-state index contributed by atoms with van der Waals surface area (Å²) in [6.45, 7) is 2.06. The van der Waals surface area contributed by atoms with Crippen LogP contribution in [0.5, 0.6) is 0 Å². The quantitative estimate of drug-likeness (QED) is 0.846. The average molecular weight is 340 g/mol. The molecule has 4 nitrogen and oxygen atoms in total. The number of alkyl halides is 1. The molecule has 0 saturated carbocycles. The third-order valence-corrected chi connectivity index (χ3v) is 4.00. The number of anilines is 1. The van der Waals surface area contributed by atoms with Crippen molar-refractivity contribution < 1.29 is 4.79 Å². The summed E-state index contributed by atoms with van der Waals surface area (Å²) < 4.78 is 3.86. The van der Waals surface area contributed by atoms with Gasteiger partial charge in [0.25, 0.3) is 5.91 Å². The van der Waals surface area contributed by atoms with Gasteiger partial charge >= 0.3 is 0 Å². The molecule has 1 aromatic heterocycles. The van der Waals surface area contributed by atoms with E-state index in [1.54, 1.807) is 0 Å². The van der Waals surface area contributed by atoms with Gasteiger partial charge in [-0.3, -0.25) is 4.79 Å². The fourth-order valence-electron chi connectivity index (χ4n) is 1.70. The molecule has 1 aromatic carbocycles. The van der Waals surface area contributed by atoms with Crippen LogP contribution in [0.2, 0.25) is 0 Å². The van der Waals surface area contributed by atoms with Crippen molar-refractivity contribution in [2.24, 2.45) is 0 Å². The number of carbonyl (C=O) groups excluding carboxylic acids is 1. The van der Waals surface area contributed by atoms with Crippen LogP contribution in [0.1, 0.15) is 34.3 Å². The standard InChI is InChI=1S/C13H14BrN3OS/c1-2-4-11-12(19-17-16-11)13(18)15-10-6-3-5-9(7-10)8-14/h3,5-7H,2,4,8H2,1H3,(H,15,18). The molecule has 2 rings (SSSR count). The van der Waals surface area contributed by atoms with Gasteiger partial charge in [0, 0.05) is 11.0 Å². The van der Waals surface area contributed by atoms with Gasteiger partial charge in [-0.1, -0.05) is 45.9 Å². The monoisotopic (exact) mass is 339 g/mol. The van der Waals surface area contributed by atoms with Crippen LogP contribution >= 0.6 is 27.5 Å². The van der Waals surface area contributed by atoms with Gasteiger partial charge in [0.1, 0.15) is 4.88 Å². The number of nitrogens with zero attached hydrogens (tertiary/aromatic N) is 2. The maximum absolute atomic E-state index is 12.2. The summed E-state index contributed by atoms with van der Waals surface area (Å²) in [5, 5.41) is 7.65. The molecule has 1 heterocycles. The number of amides is 1. The van der Waals surface area contributed by atoms with E-state index in [0.717, 1.165) is 46.6 Å². The van der Waals surface area contributed by atoms with Gasteiger partial charge in [-0.15, -0.1) is 5.10 Å². The molecule has 0 fully saturated rings. The Morgan fingerprint density at radius 3 is 3.05 bits per heavy atom. The van der Waals surface area contributed by atoms with Crippen LogP contribution in [0.15, 0.2) is 24.3 Å². The van der Waals surface area contributed by atoms with Crippen molar-refractivity contribution in [2.75, 3.05) is 5.32 Å². The number of hydrogen-bond donors (Lipinski definition) is 1. The first-order valence-electron chi connectivity index (χ1n) is 6.02. The van der Waals surface area contributed by atoms with Crippen molar-refractivity contribution in [3.63, 3.8) is 0 Å². The first-order chi connectivity index (χ1) is 9.24. The lowest BCUT2D eigenvalue weighted by atomic mass is 10.2. The van der Waals surface area contributed by atoms with Crippen molar-refractivity contribution in [2.45, 2.75) is 25.1 Å². The van der Waals surface area contributed by atoms with Gasteiger partial charge in [0.2, 0.25) is 0 Å². The second-order valence-electron chi connectivity index (χ2n) is 4.09. The lowest BCUT2D eigenvalue weighted by Gasteiger charge is -2.05. The zero-order valence-corrected chi connectivity index (χ0v) is 12.9. The molecule has 0 atom stereocenters. The number of benzene rings is 1. The smallest absolute Gasteiger partial charge is 0.269 e. The Morgan fingerprint density at radius 1 is 1.47 bits per heavy atom. The molecule has 0 radical (unpaired) electrons. The number of rotatable bonds is 5. The molecule has 1 amide bonds. The summed E-state index contributed by atoms with van der Waals surface area (Å²) in [6.07, 6.45) is 1.73. The van der Waals surface area contributed by atoms with Gasteiger partial charge < -0.3 is 5.32 Å². The number of halogens is 1. The number of aryl methyl sites for hydroxylation is 1. The minimum absolute atomic E-state index is 0.134.